The zero-order valence-electron chi connectivity index (χ0n) is 7.94. The number of amidine groups is 1. The van der Waals surface area contributed by atoms with Crippen molar-refractivity contribution in [2.24, 2.45) is 10.7 Å². The van der Waals surface area contributed by atoms with Crippen molar-refractivity contribution in [1.29, 1.82) is 5.26 Å². The summed E-state index contributed by atoms with van der Waals surface area (Å²) < 4.78 is 0. The lowest BCUT2D eigenvalue weighted by Gasteiger charge is -1.99. The van der Waals surface area contributed by atoms with Crippen LogP contribution in [-0.4, -0.2) is 5.84 Å². The molecule has 0 aliphatic carbocycles. The van der Waals surface area contributed by atoms with E-state index in [0.717, 1.165) is 11.1 Å². The standard InChI is InChI=1S/C11H11N3/c1-9(7-11(13)14-8-12)10-5-3-2-4-6-10/h2-7H,1H3,(H2,13,14). The summed E-state index contributed by atoms with van der Waals surface area (Å²) in [5, 5.41) is 8.27. The van der Waals surface area contributed by atoms with E-state index in [2.05, 4.69) is 4.99 Å². The molecule has 0 spiro atoms. The van der Waals surface area contributed by atoms with Crippen LogP contribution in [-0.2, 0) is 0 Å². The Bertz CT molecular complexity index is 396. The van der Waals surface area contributed by atoms with E-state index in [1.165, 1.54) is 0 Å². The molecule has 70 valence electrons. The van der Waals surface area contributed by atoms with Gasteiger partial charge in [-0.25, -0.2) is 0 Å². The maximum Gasteiger partial charge on any atom is 0.207 e. The van der Waals surface area contributed by atoms with Crippen LogP contribution in [0.5, 0.6) is 0 Å². The summed E-state index contributed by atoms with van der Waals surface area (Å²) in [7, 11) is 0. The largest absolute Gasteiger partial charge is 0.383 e. The number of hydrogen-bond donors (Lipinski definition) is 1. The van der Waals surface area contributed by atoms with Gasteiger partial charge < -0.3 is 5.73 Å². The topological polar surface area (TPSA) is 62.2 Å². The summed E-state index contributed by atoms with van der Waals surface area (Å²) in [6, 6.07) is 9.80. The van der Waals surface area contributed by atoms with Gasteiger partial charge in [0.15, 0.2) is 0 Å². The lowest BCUT2D eigenvalue weighted by atomic mass is 10.1. The summed E-state index contributed by atoms with van der Waals surface area (Å²) in [6.07, 6.45) is 3.32. The molecule has 0 aliphatic rings. The van der Waals surface area contributed by atoms with Crippen molar-refractivity contribution in [2.75, 3.05) is 0 Å². The van der Waals surface area contributed by atoms with Crippen LogP contribution in [0.4, 0.5) is 0 Å². The second kappa shape index (κ2) is 4.83. The number of allylic oxidation sites excluding steroid dienone is 1. The normalized spacial score (nSPS) is 12.3. The Morgan fingerprint density at radius 1 is 1.43 bits per heavy atom. The predicted octanol–water partition coefficient (Wildman–Crippen LogP) is 1.93. The van der Waals surface area contributed by atoms with Crippen molar-refractivity contribution in [3.8, 4) is 6.19 Å². The lowest BCUT2D eigenvalue weighted by Crippen LogP contribution is -2.07. The van der Waals surface area contributed by atoms with Gasteiger partial charge in [-0.05, 0) is 24.1 Å². The number of nitrogens with zero attached hydrogens (tertiary/aromatic N) is 2. The van der Waals surface area contributed by atoms with Crippen molar-refractivity contribution in [3.63, 3.8) is 0 Å². The van der Waals surface area contributed by atoms with E-state index in [1.807, 2.05) is 37.3 Å². The molecule has 0 amide bonds. The van der Waals surface area contributed by atoms with Crippen molar-refractivity contribution in [1.82, 2.24) is 0 Å². The Balaban J connectivity index is 2.92. The molecule has 0 heterocycles. The maximum atomic E-state index is 8.27. The Hall–Kier alpha value is -2.08. The fraction of sp³-hybridized carbons (Fsp3) is 0.0909. The van der Waals surface area contributed by atoms with Crippen LogP contribution >= 0.6 is 0 Å². The molecule has 14 heavy (non-hydrogen) atoms. The fourth-order valence-electron chi connectivity index (χ4n) is 1.10. The first-order valence-electron chi connectivity index (χ1n) is 4.20. The van der Waals surface area contributed by atoms with Gasteiger partial charge in [-0.2, -0.15) is 10.3 Å². The van der Waals surface area contributed by atoms with E-state index in [9.17, 15) is 0 Å². The van der Waals surface area contributed by atoms with Gasteiger partial charge in [0.1, 0.15) is 5.84 Å². The van der Waals surface area contributed by atoms with Crippen LogP contribution in [0.3, 0.4) is 0 Å². The lowest BCUT2D eigenvalue weighted by molar-refractivity contribution is 1.42. The molecule has 1 rings (SSSR count). The zero-order valence-corrected chi connectivity index (χ0v) is 7.94. The third-order valence-corrected chi connectivity index (χ3v) is 1.77. The van der Waals surface area contributed by atoms with Gasteiger partial charge >= 0.3 is 0 Å². The second-order valence-corrected chi connectivity index (χ2v) is 2.83. The second-order valence-electron chi connectivity index (χ2n) is 2.83. The van der Waals surface area contributed by atoms with Crippen molar-refractivity contribution in [3.05, 3.63) is 42.0 Å². The van der Waals surface area contributed by atoms with Crippen LogP contribution < -0.4 is 5.73 Å². The average Bonchev–Trinajstić information content (AvgIpc) is 2.19. The summed E-state index contributed by atoms with van der Waals surface area (Å²) in [6.45, 7) is 1.93. The van der Waals surface area contributed by atoms with E-state index in [-0.39, 0.29) is 5.84 Å². The molecule has 0 saturated carbocycles. The molecule has 0 aliphatic heterocycles. The first kappa shape index (κ1) is 10.0. The summed E-state index contributed by atoms with van der Waals surface area (Å²) in [5.74, 6) is 0.230. The highest BCUT2D eigenvalue weighted by Gasteiger charge is 1.94. The molecule has 0 saturated heterocycles. The Kier molecular flexibility index (Phi) is 3.45. The molecule has 0 aromatic heterocycles. The average molecular weight is 185 g/mol. The van der Waals surface area contributed by atoms with Gasteiger partial charge in [0.05, 0.1) is 0 Å². The molecular formula is C11H11N3. The van der Waals surface area contributed by atoms with E-state index >= 15 is 0 Å². The molecule has 0 atom stereocenters. The highest BCUT2D eigenvalue weighted by atomic mass is 14.8. The number of benzene rings is 1. The predicted molar refractivity (Wildman–Crippen MR) is 57.3 cm³/mol. The molecule has 0 unspecified atom stereocenters. The van der Waals surface area contributed by atoms with Crippen LogP contribution in [0.2, 0.25) is 0 Å². The zero-order chi connectivity index (χ0) is 10.4. The molecule has 0 bridgehead atoms. The van der Waals surface area contributed by atoms with Crippen molar-refractivity contribution < 1.29 is 0 Å². The van der Waals surface area contributed by atoms with E-state index < -0.39 is 0 Å². The smallest absolute Gasteiger partial charge is 0.207 e. The first-order chi connectivity index (χ1) is 6.74. The Labute approximate surface area is 83.2 Å². The monoisotopic (exact) mass is 185 g/mol. The Morgan fingerprint density at radius 2 is 2.07 bits per heavy atom. The van der Waals surface area contributed by atoms with Gasteiger partial charge in [0, 0.05) is 0 Å². The maximum absolute atomic E-state index is 8.27. The fourth-order valence-corrected chi connectivity index (χ4v) is 1.10. The highest BCUT2D eigenvalue weighted by molar-refractivity contribution is 5.98. The van der Waals surface area contributed by atoms with Crippen molar-refractivity contribution in [2.45, 2.75) is 6.92 Å². The summed E-state index contributed by atoms with van der Waals surface area (Å²) >= 11 is 0. The number of nitriles is 1. The number of aliphatic imine (C=N–C) groups is 1. The van der Waals surface area contributed by atoms with Crippen LogP contribution in [0.25, 0.3) is 5.57 Å². The third kappa shape index (κ3) is 2.76. The molecule has 3 heteroatoms. The Morgan fingerprint density at radius 3 is 2.64 bits per heavy atom. The van der Waals surface area contributed by atoms with Gasteiger partial charge in [-0.1, -0.05) is 30.3 Å². The molecular weight excluding hydrogens is 174 g/mol. The molecule has 3 nitrogen and oxygen atoms in total. The van der Waals surface area contributed by atoms with Gasteiger partial charge in [0.25, 0.3) is 0 Å². The number of hydrogen-bond acceptors (Lipinski definition) is 2. The van der Waals surface area contributed by atoms with E-state index in [0.29, 0.717) is 0 Å². The van der Waals surface area contributed by atoms with E-state index in [1.54, 1.807) is 12.3 Å². The van der Waals surface area contributed by atoms with Crippen molar-refractivity contribution >= 4 is 11.4 Å². The third-order valence-electron chi connectivity index (χ3n) is 1.77. The number of nitrogens with two attached hydrogens (primary N) is 1. The van der Waals surface area contributed by atoms with E-state index in [4.69, 9.17) is 11.0 Å². The SMILES string of the molecule is CC(=CC(N)=NC#N)c1ccccc1. The summed E-state index contributed by atoms with van der Waals surface area (Å²) in [4.78, 5) is 3.41. The molecule has 1 aromatic rings. The minimum Gasteiger partial charge on any atom is -0.383 e. The van der Waals surface area contributed by atoms with Crippen LogP contribution in [0, 0.1) is 11.5 Å². The molecule has 2 N–H and O–H groups in total. The minimum atomic E-state index is 0.230. The molecule has 0 radical (unpaired) electrons. The first-order valence-corrected chi connectivity index (χ1v) is 4.20. The number of rotatable bonds is 2. The highest BCUT2D eigenvalue weighted by Crippen LogP contribution is 2.11. The van der Waals surface area contributed by atoms with Gasteiger partial charge in [-0.15, -0.1) is 0 Å². The van der Waals surface area contributed by atoms with Gasteiger partial charge in [0.2, 0.25) is 6.19 Å². The van der Waals surface area contributed by atoms with Crippen LogP contribution in [0.1, 0.15) is 12.5 Å². The summed E-state index contributed by atoms with van der Waals surface area (Å²) in [5.41, 5.74) is 7.53. The van der Waals surface area contributed by atoms with Gasteiger partial charge in [-0.3, -0.25) is 0 Å². The quantitative estimate of drug-likeness (QED) is 0.434. The minimum absolute atomic E-state index is 0.230. The molecule has 0 fully saturated rings. The molecule has 1 aromatic carbocycles. The van der Waals surface area contributed by atoms with Crippen LogP contribution in [0.15, 0.2) is 41.4 Å².